The number of aryl methyl sites for hydroxylation is 1. The molecule has 2 N–H and O–H groups in total. The lowest BCUT2D eigenvalue weighted by atomic mass is 10.1. The first-order valence-corrected chi connectivity index (χ1v) is 3.29. The van der Waals surface area contributed by atoms with E-state index < -0.39 is 11.8 Å². The van der Waals surface area contributed by atoms with E-state index in [0.29, 0.717) is 5.56 Å². The molecule has 12 heavy (non-hydrogen) atoms. The van der Waals surface area contributed by atoms with Crippen molar-refractivity contribution in [2.24, 2.45) is 0 Å². The minimum atomic E-state index is -1.40. The van der Waals surface area contributed by atoms with Gasteiger partial charge in [-0.15, -0.1) is 0 Å². The lowest BCUT2D eigenvalue weighted by Crippen LogP contribution is -2.23. The van der Waals surface area contributed by atoms with E-state index in [1.807, 2.05) is 0 Å². The van der Waals surface area contributed by atoms with Gasteiger partial charge in [0.1, 0.15) is 5.82 Å². The molecule has 1 rings (SSSR count). The number of anilines is 1. The summed E-state index contributed by atoms with van der Waals surface area (Å²) in [6, 6.07) is 2.13. The van der Waals surface area contributed by atoms with Crippen molar-refractivity contribution in [3.8, 4) is 0 Å². The van der Waals surface area contributed by atoms with Gasteiger partial charge in [0.2, 0.25) is 0 Å². The molecule has 64 valence electrons. The van der Waals surface area contributed by atoms with Crippen molar-refractivity contribution in [3.05, 3.63) is 29.1 Å². The van der Waals surface area contributed by atoms with Crippen LogP contribution >= 0.6 is 0 Å². The number of carbonyl (C=O) groups is 1. The molecule has 0 saturated carbocycles. The summed E-state index contributed by atoms with van der Waals surface area (Å²) in [5.74, 6) is -2.13. The van der Waals surface area contributed by atoms with Crippen molar-refractivity contribution in [2.75, 3.05) is 5.73 Å². The van der Waals surface area contributed by atoms with Crippen molar-refractivity contribution < 1.29 is 14.3 Å². The molecular formula is C8H7FNO2-. The van der Waals surface area contributed by atoms with Crippen LogP contribution in [-0.4, -0.2) is 5.97 Å². The fourth-order valence-electron chi connectivity index (χ4n) is 0.924. The van der Waals surface area contributed by atoms with Crippen LogP contribution in [0.1, 0.15) is 15.9 Å². The first-order valence-electron chi connectivity index (χ1n) is 3.29. The van der Waals surface area contributed by atoms with Crippen molar-refractivity contribution in [3.63, 3.8) is 0 Å². The Morgan fingerprint density at radius 3 is 2.67 bits per heavy atom. The van der Waals surface area contributed by atoms with Crippen molar-refractivity contribution >= 4 is 11.7 Å². The van der Waals surface area contributed by atoms with Crippen LogP contribution < -0.4 is 10.8 Å². The van der Waals surface area contributed by atoms with Gasteiger partial charge in [0.05, 0.1) is 11.7 Å². The fourth-order valence-corrected chi connectivity index (χ4v) is 0.924. The molecule has 0 aliphatic carbocycles. The van der Waals surface area contributed by atoms with Gasteiger partial charge in [-0.05, 0) is 24.6 Å². The summed E-state index contributed by atoms with van der Waals surface area (Å²) in [4.78, 5) is 10.4. The first kappa shape index (κ1) is 8.52. The van der Waals surface area contributed by atoms with E-state index in [1.165, 1.54) is 13.0 Å². The third kappa shape index (κ3) is 1.37. The second-order valence-corrected chi connectivity index (χ2v) is 2.48. The summed E-state index contributed by atoms with van der Waals surface area (Å²) < 4.78 is 12.7. The molecule has 0 saturated heterocycles. The molecule has 0 unspecified atom stereocenters. The Morgan fingerprint density at radius 1 is 1.58 bits per heavy atom. The minimum Gasteiger partial charge on any atom is -0.545 e. The number of carbonyl (C=O) groups excluding carboxylic acids is 1. The molecule has 0 amide bonds. The average molecular weight is 168 g/mol. The molecule has 0 heterocycles. The van der Waals surface area contributed by atoms with Crippen LogP contribution in [0.5, 0.6) is 0 Å². The normalized spacial score (nSPS) is 9.83. The smallest absolute Gasteiger partial charge is 0.146 e. The fraction of sp³-hybridized carbons (Fsp3) is 0.125. The standard InChI is InChI=1S/C8H8FNO2/c1-4-2-7(10)6(9)3-5(4)8(11)12/h2-3H,10H2,1H3,(H,11,12)/p-1. The average Bonchev–Trinajstić information content (AvgIpc) is 1.96. The Morgan fingerprint density at radius 2 is 2.17 bits per heavy atom. The third-order valence-electron chi connectivity index (χ3n) is 1.56. The number of aromatic carboxylic acids is 1. The Kier molecular flexibility index (Phi) is 1.99. The number of carboxylic acid groups (broad SMARTS) is 1. The molecule has 1 aromatic rings. The number of carboxylic acids is 1. The highest BCUT2D eigenvalue weighted by atomic mass is 19.1. The molecule has 0 atom stereocenters. The Labute approximate surface area is 68.6 Å². The number of hydrogen-bond acceptors (Lipinski definition) is 3. The molecule has 1 aromatic carbocycles. The van der Waals surface area contributed by atoms with Crippen LogP contribution in [0.25, 0.3) is 0 Å². The van der Waals surface area contributed by atoms with Crippen LogP contribution in [0.15, 0.2) is 12.1 Å². The van der Waals surface area contributed by atoms with Crippen molar-refractivity contribution in [1.29, 1.82) is 0 Å². The minimum absolute atomic E-state index is 0.0579. The second kappa shape index (κ2) is 2.81. The maximum absolute atomic E-state index is 12.7. The molecule has 0 bridgehead atoms. The Bertz CT molecular complexity index is 336. The van der Waals surface area contributed by atoms with Gasteiger partial charge in [0, 0.05) is 5.56 Å². The summed E-state index contributed by atoms with van der Waals surface area (Å²) in [6.07, 6.45) is 0. The number of halogens is 1. The van der Waals surface area contributed by atoms with Gasteiger partial charge in [-0.2, -0.15) is 0 Å². The van der Waals surface area contributed by atoms with Crippen LogP contribution in [0.2, 0.25) is 0 Å². The maximum atomic E-state index is 12.7. The topological polar surface area (TPSA) is 66.2 Å². The lowest BCUT2D eigenvalue weighted by molar-refractivity contribution is -0.255. The summed E-state index contributed by atoms with van der Waals surface area (Å²) in [5, 5.41) is 10.4. The van der Waals surface area contributed by atoms with E-state index >= 15 is 0 Å². The van der Waals surface area contributed by atoms with Crippen LogP contribution in [-0.2, 0) is 0 Å². The highest BCUT2D eigenvalue weighted by Crippen LogP contribution is 2.16. The monoisotopic (exact) mass is 168 g/mol. The van der Waals surface area contributed by atoms with Gasteiger partial charge in [-0.3, -0.25) is 0 Å². The second-order valence-electron chi connectivity index (χ2n) is 2.48. The Hall–Kier alpha value is -1.58. The largest absolute Gasteiger partial charge is 0.545 e. The van der Waals surface area contributed by atoms with E-state index in [1.54, 1.807) is 0 Å². The summed E-state index contributed by atoms with van der Waals surface area (Å²) in [7, 11) is 0. The molecule has 0 radical (unpaired) electrons. The Balaban J connectivity index is 3.33. The first-order chi connectivity index (χ1) is 5.52. The molecule has 0 aliphatic rings. The van der Waals surface area contributed by atoms with Gasteiger partial charge in [0.15, 0.2) is 0 Å². The molecule has 0 fully saturated rings. The zero-order valence-electron chi connectivity index (χ0n) is 6.43. The molecule has 0 aliphatic heterocycles. The van der Waals surface area contributed by atoms with Crippen molar-refractivity contribution in [1.82, 2.24) is 0 Å². The third-order valence-corrected chi connectivity index (χ3v) is 1.56. The van der Waals surface area contributed by atoms with E-state index in [2.05, 4.69) is 0 Å². The zero-order chi connectivity index (χ0) is 9.30. The van der Waals surface area contributed by atoms with Crippen LogP contribution in [0.4, 0.5) is 10.1 Å². The molecule has 0 spiro atoms. The highest BCUT2D eigenvalue weighted by Gasteiger charge is 2.04. The number of nitrogens with two attached hydrogens (primary N) is 1. The number of hydrogen-bond donors (Lipinski definition) is 1. The van der Waals surface area contributed by atoms with E-state index in [0.717, 1.165) is 6.07 Å². The van der Waals surface area contributed by atoms with Crippen LogP contribution in [0.3, 0.4) is 0 Å². The highest BCUT2D eigenvalue weighted by molar-refractivity contribution is 5.88. The van der Waals surface area contributed by atoms with Gasteiger partial charge in [0.25, 0.3) is 0 Å². The summed E-state index contributed by atoms with van der Waals surface area (Å²) in [6.45, 7) is 1.53. The number of rotatable bonds is 1. The SMILES string of the molecule is Cc1cc(N)c(F)cc1C(=O)[O-]. The summed E-state index contributed by atoms with van der Waals surface area (Å²) >= 11 is 0. The molecule has 3 nitrogen and oxygen atoms in total. The summed E-state index contributed by atoms with van der Waals surface area (Å²) in [5.41, 5.74) is 5.38. The molecule has 4 heteroatoms. The lowest BCUT2D eigenvalue weighted by Gasteiger charge is -2.07. The number of benzene rings is 1. The van der Waals surface area contributed by atoms with Crippen molar-refractivity contribution in [2.45, 2.75) is 6.92 Å². The van der Waals surface area contributed by atoms with Crippen LogP contribution in [0, 0.1) is 12.7 Å². The zero-order valence-corrected chi connectivity index (χ0v) is 6.43. The predicted octanol–water partition coefficient (Wildman–Crippen LogP) is 0.0798. The quantitative estimate of drug-likeness (QED) is 0.604. The molecule has 0 aromatic heterocycles. The maximum Gasteiger partial charge on any atom is 0.146 e. The van der Waals surface area contributed by atoms with E-state index in [9.17, 15) is 14.3 Å². The van der Waals surface area contributed by atoms with Gasteiger partial charge >= 0.3 is 0 Å². The van der Waals surface area contributed by atoms with Gasteiger partial charge in [-0.25, -0.2) is 4.39 Å². The van der Waals surface area contributed by atoms with Gasteiger partial charge in [-0.1, -0.05) is 0 Å². The number of nitrogen functional groups attached to an aromatic ring is 1. The predicted molar refractivity (Wildman–Crippen MR) is 39.9 cm³/mol. The van der Waals surface area contributed by atoms with Gasteiger partial charge < -0.3 is 15.6 Å². The molecular weight excluding hydrogens is 161 g/mol. The van der Waals surface area contributed by atoms with E-state index in [4.69, 9.17) is 5.73 Å². The van der Waals surface area contributed by atoms with E-state index in [-0.39, 0.29) is 11.3 Å².